The lowest BCUT2D eigenvalue weighted by atomic mass is 9.96. The Hall–Kier alpha value is -1.51. The lowest BCUT2D eigenvalue weighted by molar-refractivity contribution is -0.114. The van der Waals surface area contributed by atoms with Crippen LogP contribution >= 0.6 is 0 Å². The molecule has 0 saturated heterocycles. The summed E-state index contributed by atoms with van der Waals surface area (Å²) in [6, 6.07) is 2.02. The summed E-state index contributed by atoms with van der Waals surface area (Å²) in [5.41, 5.74) is 0.742. The second-order valence-corrected chi connectivity index (χ2v) is 2.93. The van der Waals surface area contributed by atoms with E-state index in [1.165, 1.54) is 18.2 Å². The third kappa shape index (κ3) is 1.37. The number of carbonyl (C=O) groups is 1. The summed E-state index contributed by atoms with van der Waals surface area (Å²) in [4.78, 5) is 10.9. The van der Waals surface area contributed by atoms with E-state index in [0.29, 0.717) is 5.56 Å². The van der Waals surface area contributed by atoms with Crippen molar-refractivity contribution >= 4 is 11.9 Å². The van der Waals surface area contributed by atoms with Crippen LogP contribution in [0.15, 0.2) is 18.2 Å². The highest BCUT2D eigenvalue weighted by molar-refractivity contribution is 5.98. The SMILES string of the molecule is O=C1C=Cc2cc(F)cc(F)c2C1. The molecule has 1 nitrogen and oxygen atoms in total. The van der Waals surface area contributed by atoms with E-state index in [1.807, 2.05) is 0 Å². The van der Waals surface area contributed by atoms with Gasteiger partial charge in [0, 0.05) is 18.1 Å². The molecule has 0 fully saturated rings. The molecule has 1 aromatic carbocycles. The maximum absolute atomic E-state index is 13.1. The summed E-state index contributed by atoms with van der Waals surface area (Å²) >= 11 is 0. The molecule has 0 unspecified atom stereocenters. The smallest absolute Gasteiger partial charge is 0.160 e. The van der Waals surface area contributed by atoms with Crippen molar-refractivity contribution in [3.05, 3.63) is 41.0 Å². The van der Waals surface area contributed by atoms with Crippen molar-refractivity contribution in [1.82, 2.24) is 0 Å². The van der Waals surface area contributed by atoms with Gasteiger partial charge in [0.2, 0.25) is 0 Å². The number of ketones is 1. The van der Waals surface area contributed by atoms with Crippen LogP contribution in [0, 0.1) is 11.6 Å². The van der Waals surface area contributed by atoms with Crippen LogP contribution in [-0.2, 0) is 11.2 Å². The molecular weight excluding hydrogens is 174 g/mol. The molecule has 0 bridgehead atoms. The van der Waals surface area contributed by atoms with Crippen molar-refractivity contribution < 1.29 is 13.6 Å². The van der Waals surface area contributed by atoms with Crippen molar-refractivity contribution in [3.8, 4) is 0 Å². The van der Waals surface area contributed by atoms with Gasteiger partial charge in [0.15, 0.2) is 5.78 Å². The van der Waals surface area contributed by atoms with E-state index < -0.39 is 11.6 Å². The Morgan fingerprint density at radius 3 is 2.69 bits per heavy atom. The minimum absolute atomic E-state index is 0.0257. The number of allylic oxidation sites excluding steroid dienone is 1. The van der Waals surface area contributed by atoms with Gasteiger partial charge in [-0.1, -0.05) is 6.08 Å². The zero-order valence-electron chi connectivity index (χ0n) is 6.68. The molecule has 0 atom stereocenters. The maximum atomic E-state index is 13.1. The highest BCUT2D eigenvalue weighted by atomic mass is 19.1. The molecule has 1 aliphatic rings. The number of hydrogen-bond acceptors (Lipinski definition) is 1. The number of benzene rings is 1. The normalized spacial score (nSPS) is 14.5. The third-order valence-electron chi connectivity index (χ3n) is 1.99. The van der Waals surface area contributed by atoms with Gasteiger partial charge in [-0.2, -0.15) is 0 Å². The number of halogens is 2. The number of rotatable bonds is 0. The van der Waals surface area contributed by atoms with Crippen molar-refractivity contribution in [1.29, 1.82) is 0 Å². The first kappa shape index (κ1) is 8.10. The predicted octanol–water partition coefficient (Wildman–Crippen LogP) is 2.10. The second-order valence-electron chi connectivity index (χ2n) is 2.93. The van der Waals surface area contributed by atoms with Crippen LogP contribution in [0.1, 0.15) is 11.1 Å². The average molecular weight is 180 g/mol. The van der Waals surface area contributed by atoms with Gasteiger partial charge in [0.25, 0.3) is 0 Å². The number of carbonyl (C=O) groups excluding carboxylic acids is 1. The van der Waals surface area contributed by atoms with Gasteiger partial charge in [-0.3, -0.25) is 4.79 Å². The molecule has 0 amide bonds. The van der Waals surface area contributed by atoms with Gasteiger partial charge in [0.1, 0.15) is 11.6 Å². The van der Waals surface area contributed by atoms with Crippen molar-refractivity contribution in [2.45, 2.75) is 6.42 Å². The quantitative estimate of drug-likeness (QED) is 0.597. The molecule has 13 heavy (non-hydrogen) atoms. The highest BCUT2D eigenvalue weighted by Crippen LogP contribution is 2.21. The fourth-order valence-electron chi connectivity index (χ4n) is 1.37. The van der Waals surface area contributed by atoms with Gasteiger partial charge in [-0.05, 0) is 17.7 Å². The molecule has 66 valence electrons. The molecule has 0 saturated carbocycles. The summed E-state index contributed by atoms with van der Waals surface area (Å²) in [5, 5.41) is 0. The molecule has 0 spiro atoms. The first-order chi connectivity index (χ1) is 6.16. The Labute approximate surface area is 73.7 Å². The van der Waals surface area contributed by atoms with E-state index in [0.717, 1.165) is 6.07 Å². The molecule has 0 radical (unpaired) electrons. The standard InChI is InChI=1S/C10H6F2O/c11-7-3-6-1-2-8(13)5-9(6)10(12)4-7/h1-4H,5H2. The summed E-state index contributed by atoms with van der Waals surface area (Å²) in [6.45, 7) is 0. The minimum Gasteiger partial charge on any atom is -0.294 e. The van der Waals surface area contributed by atoms with Gasteiger partial charge >= 0.3 is 0 Å². The number of hydrogen-bond donors (Lipinski definition) is 0. The van der Waals surface area contributed by atoms with E-state index in [-0.39, 0.29) is 17.8 Å². The molecule has 0 heterocycles. The second kappa shape index (κ2) is 2.76. The highest BCUT2D eigenvalue weighted by Gasteiger charge is 2.15. The van der Waals surface area contributed by atoms with Crippen LogP contribution in [0.25, 0.3) is 6.08 Å². The van der Waals surface area contributed by atoms with E-state index >= 15 is 0 Å². The van der Waals surface area contributed by atoms with E-state index in [4.69, 9.17) is 0 Å². The molecule has 1 aromatic rings. The van der Waals surface area contributed by atoms with Gasteiger partial charge in [0.05, 0.1) is 0 Å². The Balaban J connectivity index is 2.62. The Kier molecular flexibility index (Phi) is 1.72. The van der Waals surface area contributed by atoms with Gasteiger partial charge in [-0.25, -0.2) is 8.78 Å². The predicted molar refractivity (Wildman–Crippen MR) is 44.1 cm³/mol. The maximum Gasteiger partial charge on any atom is 0.160 e. The molecular formula is C10H6F2O. The van der Waals surface area contributed by atoms with Crippen LogP contribution in [-0.4, -0.2) is 5.78 Å². The number of fused-ring (bicyclic) bond motifs is 1. The first-order valence-electron chi connectivity index (χ1n) is 3.85. The fourth-order valence-corrected chi connectivity index (χ4v) is 1.37. The molecule has 0 N–H and O–H groups in total. The zero-order chi connectivity index (χ0) is 9.42. The minimum atomic E-state index is -0.646. The molecule has 1 aliphatic carbocycles. The largest absolute Gasteiger partial charge is 0.294 e. The third-order valence-corrected chi connectivity index (χ3v) is 1.99. The topological polar surface area (TPSA) is 17.1 Å². The molecule has 3 heteroatoms. The summed E-state index contributed by atoms with van der Waals surface area (Å²) < 4.78 is 25.8. The summed E-state index contributed by atoms with van der Waals surface area (Å²) in [7, 11) is 0. The fraction of sp³-hybridized carbons (Fsp3) is 0.100. The monoisotopic (exact) mass is 180 g/mol. The molecule has 0 aliphatic heterocycles. The van der Waals surface area contributed by atoms with E-state index in [2.05, 4.69) is 0 Å². The average Bonchev–Trinajstić information content (AvgIpc) is 2.06. The van der Waals surface area contributed by atoms with Crippen LogP contribution in [0.2, 0.25) is 0 Å². The molecule has 2 rings (SSSR count). The molecule has 0 aromatic heterocycles. The van der Waals surface area contributed by atoms with Crippen molar-refractivity contribution in [2.75, 3.05) is 0 Å². The zero-order valence-corrected chi connectivity index (χ0v) is 6.68. The Bertz CT molecular complexity index is 408. The van der Waals surface area contributed by atoms with Crippen LogP contribution in [0.5, 0.6) is 0 Å². The first-order valence-corrected chi connectivity index (χ1v) is 3.85. The summed E-state index contributed by atoms with van der Waals surface area (Å²) in [6.07, 6.45) is 2.80. The van der Waals surface area contributed by atoms with Crippen molar-refractivity contribution in [3.63, 3.8) is 0 Å². The Morgan fingerprint density at radius 1 is 1.15 bits per heavy atom. The van der Waals surface area contributed by atoms with E-state index in [9.17, 15) is 13.6 Å². The van der Waals surface area contributed by atoms with Gasteiger partial charge < -0.3 is 0 Å². The Morgan fingerprint density at radius 2 is 1.92 bits per heavy atom. The summed E-state index contributed by atoms with van der Waals surface area (Å²) in [5.74, 6) is -1.42. The van der Waals surface area contributed by atoms with Crippen LogP contribution < -0.4 is 0 Å². The van der Waals surface area contributed by atoms with E-state index in [1.54, 1.807) is 0 Å². The lowest BCUT2D eigenvalue weighted by Gasteiger charge is -2.09. The van der Waals surface area contributed by atoms with Crippen molar-refractivity contribution in [2.24, 2.45) is 0 Å². The lowest BCUT2D eigenvalue weighted by Crippen LogP contribution is -2.08. The van der Waals surface area contributed by atoms with Crippen LogP contribution in [0.3, 0.4) is 0 Å². The van der Waals surface area contributed by atoms with Gasteiger partial charge in [-0.15, -0.1) is 0 Å². The van der Waals surface area contributed by atoms with Crippen LogP contribution in [0.4, 0.5) is 8.78 Å².